The van der Waals surface area contributed by atoms with Crippen LogP contribution in [0.25, 0.3) is 16.6 Å². The lowest BCUT2D eigenvalue weighted by Crippen LogP contribution is -2.37. The van der Waals surface area contributed by atoms with Crippen LogP contribution in [0.2, 0.25) is 5.02 Å². The average Bonchev–Trinajstić information content (AvgIpc) is 3.25. The molecule has 2 aliphatic rings. The average molecular weight is 565 g/mol. The number of esters is 1. The van der Waals surface area contributed by atoms with Gasteiger partial charge in [0.1, 0.15) is 12.4 Å². The third kappa shape index (κ3) is 6.03. The Morgan fingerprint density at radius 3 is 2.55 bits per heavy atom. The molecule has 40 heavy (non-hydrogen) atoms. The molecule has 1 aromatic carbocycles. The van der Waals surface area contributed by atoms with E-state index in [1.807, 2.05) is 26.0 Å². The van der Waals surface area contributed by atoms with Gasteiger partial charge in [0.05, 0.1) is 33.4 Å². The first-order valence-corrected chi connectivity index (χ1v) is 14.4. The van der Waals surface area contributed by atoms with Gasteiger partial charge in [0.15, 0.2) is 0 Å². The van der Waals surface area contributed by atoms with Gasteiger partial charge in [0, 0.05) is 42.0 Å². The minimum absolute atomic E-state index is 0.215. The summed E-state index contributed by atoms with van der Waals surface area (Å²) in [6.07, 6.45) is 6.68. The van der Waals surface area contributed by atoms with E-state index in [2.05, 4.69) is 14.9 Å². The van der Waals surface area contributed by atoms with Crippen molar-refractivity contribution in [3.05, 3.63) is 64.6 Å². The molecule has 1 amide bonds. The van der Waals surface area contributed by atoms with E-state index in [0.717, 1.165) is 36.5 Å². The molecule has 1 N–H and O–H groups in total. The van der Waals surface area contributed by atoms with E-state index < -0.39 is 11.4 Å². The molecule has 2 aromatic heterocycles. The molecule has 9 heteroatoms. The van der Waals surface area contributed by atoms with Crippen LogP contribution in [0.15, 0.2) is 42.7 Å². The largest absolute Gasteiger partial charge is 0.492 e. The Labute approximate surface area is 240 Å². The van der Waals surface area contributed by atoms with E-state index in [-0.39, 0.29) is 17.6 Å². The van der Waals surface area contributed by atoms with E-state index in [4.69, 9.17) is 21.1 Å². The number of piperidine rings is 1. The second-order valence-electron chi connectivity index (χ2n) is 11.5. The van der Waals surface area contributed by atoms with E-state index in [9.17, 15) is 9.59 Å². The maximum absolute atomic E-state index is 13.8. The molecule has 1 saturated heterocycles. The number of benzene rings is 1. The van der Waals surface area contributed by atoms with Crippen molar-refractivity contribution in [2.45, 2.75) is 58.5 Å². The number of aromatic nitrogens is 2. The van der Waals surface area contributed by atoms with Gasteiger partial charge in [0.2, 0.25) is 0 Å². The van der Waals surface area contributed by atoms with E-state index in [1.54, 1.807) is 49.3 Å². The Hall–Kier alpha value is -3.36. The monoisotopic (exact) mass is 564 g/mol. The predicted molar refractivity (Wildman–Crippen MR) is 157 cm³/mol. The third-order valence-electron chi connectivity index (χ3n) is 7.45. The van der Waals surface area contributed by atoms with Crippen molar-refractivity contribution in [3.63, 3.8) is 0 Å². The molecule has 0 atom stereocenters. The quantitative estimate of drug-likeness (QED) is 0.365. The number of aromatic amines is 1. The van der Waals surface area contributed by atoms with Gasteiger partial charge in [-0.15, -0.1) is 0 Å². The number of hydrogen-bond acceptors (Lipinski definition) is 6. The van der Waals surface area contributed by atoms with Crippen molar-refractivity contribution < 1.29 is 19.1 Å². The number of amides is 1. The molecular formula is C31H37ClN4O4. The minimum atomic E-state index is -0.544. The zero-order chi connectivity index (χ0) is 28.4. The number of hydrogen-bond donors (Lipinski definition) is 1. The Bertz CT molecular complexity index is 1420. The van der Waals surface area contributed by atoms with Crippen LogP contribution in [-0.4, -0.2) is 70.5 Å². The van der Waals surface area contributed by atoms with E-state index >= 15 is 0 Å². The molecule has 1 fully saturated rings. The number of halogens is 1. The molecule has 212 valence electrons. The molecule has 3 aromatic rings. The highest BCUT2D eigenvalue weighted by Gasteiger charge is 2.38. The molecular weight excluding hydrogens is 528 g/mol. The van der Waals surface area contributed by atoms with Gasteiger partial charge < -0.3 is 19.4 Å². The van der Waals surface area contributed by atoms with Crippen LogP contribution in [-0.2, 0) is 14.9 Å². The fraction of sp³-hybridized carbons (Fsp3) is 0.452. The zero-order valence-corrected chi connectivity index (χ0v) is 24.4. The topological polar surface area (TPSA) is 87.8 Å². The van der Waals surface area contributed by atoms with Crippen LogP contribution in [0.3, 0.4) is 0 Å². The number of carbonyl (C=O) groups is 2. The zero-order valence-electron chi connectivity index (χ0n) is 23.6. The Kier molecular flexibility index (Phi) is 8.19. The summed E-state index contributed by atoms with van der Waals surface area (Å²) in [7, 11) is 0. The highest BCUT2D eigenvalue weighted by Crippen LogP contribution is 2.40. The molecule has 4 heterocycles. The van der Waals surface area contributed by atoms with Crippen LogP contribution in [0.5, 0.6) is 5.75 Å². The molecule has 0 radical (unpaired) electrons. The summed E-state index contributed by atoms with van der Waals surface area (Å²) in [5.74, 6) is 0.00258. The smallest absolute Gasteiger partial charge is 0.342 e. The Morgan fingerprint density at radius 2 is 1.85 bits per heavy atom. The molecule has 0 spiro atoms. The second-order valence-corrected chi connectivity index (χ2v) is 12.0. The number of likely N-dealkylation sites (tertiary alicyclic amines) is 1. The Balaban J connectivity index is 1.41. The van der Waals surface area contributed by atoms with Crippen LogP contribution in [0.4, 0.5) is 0 Å². The SMILES string of the molecule is CC(C)OC(=O)C1=CN(C(=O)c2ccc(OCCN3CCCCC3)cc2)CC(C)(C)c2c1[nH]c1cc(Cl)cnc21. The van der Waals surface area contributed by atoms with Crippen molar-refractivity contribution in [3.8, 4) is 5.75 Å². The minimum Gasteiger partial charge on any atom is -0.492 e. The first-order valence-electron chi connectivity index (χ1n) is 14.0. The molecule has 0 saturated carbocycles. The van der Waals surface area contributed by atoms with Crippen molar-refractivity contribution in [1.29, 1.82) is 0 Å². The first kappa shape index (κ1) is 28.2. The fourth-order valence-corrected chi connectivity index (χ4v) is 5.74. The van der Waals surface area contributed by atoms with E-state index in [0.29, 0.717) is 34.9 Å². The standard InChI is InChI=1S/C31H37ClN4O4/c1-20(2)40-30(38)24-18-36(19-31(3,4)26-27(24)34-25-16-22(32)17-33-28(25)26)29(37)21-8-10-23(11-9-21)39-15-14-35-12-6-5-7-13-35/h8-11,16-18,20,34H,5-7,12-15,19H2,1-4H3. The number of fused-ring (bicyclic) bond motifs is 3. The first-order chi connectivity index (χ1) is 19.1. The maximum atomic E-state index is 13.8. The number of nitrogens with one attached hydrogen (secondary N) is 1. The predicted octanol–water partition coefficient (Wildman–Crippen LogP) is 5.81. The molecule has 8 nitrogen and oxygen atoms in total. The fourth-order valence-electron chi connectivity index (χ4n) is 5.58. The highest BCUT2D eigenvalue weighted by molar-refractivity contribution is 6.31. The molecule has 0 unspecified atom stereocenters. The summed E-state index contributed by atoms with van der Waals surface area (Å²) in [5.41, 5.74) is 3.11. The number of ether oxygens (including phenoxy) is 2. The highest BCUT2D eigenvalue weighted by atomic mass is 35.5. The van der Waals surface area contributed by atoms with Crippen LogP contribution in [0.1, 0.15) is 68.6 Å². The lowest BCUT2D eigenvalue weighted by atomic mass is 9.83. The van der Waals surface area contributed by atoms with Gasteiger partial charge in [-0.2, -0.15) is 0 Å². The van der Waals surface area contributed by atoms with Gasteiger partial charge in [-0.3, -0.25) is 14.7 Å². The number of carbonyl (C=O) groups excluding carboxylic acids is 2. The molecule has 0 aliphatic carbocycles. The van der Waals surface area contributed by atoms with Gasteiger partial charge >= 0.3 is 5.97 Å². The van der Waals surface area contributed by atoms with Gasteiger partial charge in [-0.25, -0.2) is 4.79 Å². The van der Waals surface area contributed by atoms with Crippen LogP contribution in [0, 0.1) is 0 Å². The normalized spacial score (nSPS) is 17.4. The Morgan fingerprint density at radius 1 is 1.12 bits per heavy atom. The number of pyridine rings is 1. The van der Waals surface area contributed by atoms with Crippen LogP contribution < -0.4 is 4.74 Å². The molecule has 5 rings (SSSR count). The summed E-state index contributed by atoms with van der Waals surface area (Å²) in [5, 5.41) is 0.493. The van der Waals surface area contributed by atoms with Crippen molar-refractivity contribution >= 4 is 40.1 Å². The number of H-pyrrole nitrogens is 1. The summed E-state index contributed by atoms with van der Waals surface area (Å²) in [6.45, 7) is 11.8. The van der Waals surface area contributed by atoms with Crippen LogP contribution >= 0.6 is 11.6 Å². The summed E-state index contributed by atoms with van der Waals surface area (Å²) in [4.78, 5) is 39.0. The maximum Gasteiger partial charge on any atom is 0.342 e. The third-order valence-corrected chi connectivity index (χ3v) is 7.65. The van der Waals surface area contributed by atoms with Crippen molar-refractivity contribution in [2.75, 3.05) is 32.8 Å². The summed E-state index contributed by atoms with van der Waals surface area (Å²) < 4.78 is 11.5. The number of nitrogens with zero attached hydrogens (tertiary/aromatic N) is 3. The van der Waals surface area contributed by atoms with E-state index in [1.165, 1.54) is 19.3 Å². The van der Waals surface area contributed by atoms with Crippen molar-refractivity contribution in [1.82, 2.24) is 19.8 Å². The van der Waals surface area contributed by atoms with Gasteiger partial charge in [0.25, 0.3) is 5.91 Å². The second kappa shape index (κ2) is 11.6. The number of rotatable bonds is 7. The van der Waals surface area contributed by atoms with Gasteiger partial charge in [-0.1, -0.05) is 31.9 Å². The molecule has 2 aliphatic heterocycles. The molecule has 0 bridgehead atoms. The summed E-state index contributed by atoms with van der Waals surface area (Å²) in [6, 6.07) is 8.99. The summed E-state index contributed by atoms with van der Waals surface area (Å²) >= 11 is 6.21. The lowest BCUT2D eigenvalue weighted by molar-refractivity contribution is -0.140. The lowest BCUT2D eigenvalue weighted by Gasteiger charge is -2.29. The van der Waals surface area contributed by atoms with Crippen molar-refractivity contribution in [2.24, 2.45) is 0 Å². The van der Waals surface area contributed by atoms with Gasteiger partial charge in [-0.05, 0) is 70.1 Å².